The first kappa shape index (κ1) is 11.9. The van der Waals surface area contributed by atoms with Gasteiger partial charge in [0, 0.05) is 6.20 Å². The Morgan fingerprint density at radius 1 is 1.32 bits per heavy atom. The van der Waals surface area contributed by atoms with Gasteiger partial charge in [-0.15, -0.1) is 0 Å². The van der Waals surface area contributed by atoms with Crippen LogP contribution in [0.5, 0.6) is 0 Å². The van der Waals surface area contributed by atoms with E-state index < -0.39 is 5.82 Å². The fourth-order valence-electron chi connectivity index (χ4n) is 2.01. The number of aryl methyl sites for hydroxylation is 1. The lowest BCUT2D eigenvalue weighted by Crippen LogP contribution is -2.04. The molecule has 2 aromatic heterocycles. The van der Waals surface area contributed by atoms with E-state index in [1.165, 1.54) is 10.6 Å². The first-order chi connectivity index (χ1) is 9.09. The first-order valence-corrected chi connectivity index (χ1v) is 6.01. The Bertz CT molecular complexity index is 782. The number of rotatable bonds is 1. The highest BCUT2D eigenvalue weighted by Gasteiger charge is 2.16. The third kappa shape index (κ3) is 1.74. The van der Waals surface area contributed by atoms with Crippen molar-refractivity contribution in [2.24, 2.45) is 0 Å². The lowest BCUT2D eigenvalue weighted by atomic mass is 10.2. The van der Waals surface area contributed by atoms with Crippen LogP contribution in [0.4, 0.5) is 10.3 Å². The van der Waals surface area contributed by atoms with Crippen molar-refractivity contribution in [3.63, 3.8) is 0 Å². The number of aromatic nitrogens is 3. The minimum absolute atomic E-state index is 0.0337. The number of pyridine rings is 1. The average Bonchev–Trinajstić information content (AvgIpc) is 2.71. The third-order valence-electron chi connectivity index (χ3n) is 2.95. The predicted octanol–water partition coefficient (Wildman–Crippen LogP) is 3.10. The van der Waals surface area contributed by atoms with Crippen molar-refractivity contribution >= 4 is 28.7 Å². The zero-order valence-corrected chi connectivity index (χ0v) is 10.8. The first-order valence-electron chi connectivity index (χ1n) is 5.63. The van der Waals surface area contributed by atoms with Crippen LogP contribution in [0.25, 0.3) is 16.9 Å². The summed E-state index contributed by atoms with van der Waals surface area (Å²) in [7, 11) is 0. The van der Waals surface area contributed by atoms with E-state index in [1.54, 1.807) is 18.3 Å². The Hall–Kier alpha value is -2.14. The second-order valence-corrected chi connectivity index (χ2v) is 4.59. The van der Waals surface area contributed by atoms with Gasteiger partial charge in [-0.3, -0.25) is 4.57 Å². The van der Waals surface area contributed by atoms with E-state index in [-0.39, 0.29) is 16.7 Å². The van der Waals surface area contributed by atoms with E-state index in [2.05, 4.69) is 9.97 Å². The molecule has 0 atom stereocenters. The van der Waals surface area contributed by atoms with Crippen molar-refractivity contribution in [1.29, 1.82) is 0 Å². The molecule has 0 unspecified atom stereocenters. The molecule has 3 aromatic rings. The molecule has 2 N–H and O–H groups in total. The SMILES string of the molecule is Cc1ccnc2c1nc(N)n2-c1cccc(Cl)c1F. The topological polar surface area (TPSA) is 56.7 Å². The molecule has 0 fully saturated rings. The fourth-order valence-corrected chi connectivity index (χ4v) is 2.18. The lowest BCUT2D eigenvalue weighted by molar-refractivity contribution is 0.620. The minimum atomic E-state index is -0.543. The number of fused-ring (bicyclic) bond motifs is 1. The van der Waals surface area contributed by atoms with Gasteiger partial charge in [0.15, 0.2) is 11.5 Å². The highest BCUT2D eigenvalue weighted by molar-refractivity contribution is 6.30. The standard InChI is InChI=1S/C13H10ClFN4/c1-7-5-6-17-12-11(7)18-13(16)19(12)9-4-2-3-8(14)10(9)15/h2-6H,1H3,(H2,16,18). The van der Waals surface area contributed by atoms with Gasteiger partial charge < -0.3 is 5.73 Å². The summed E-state index contributed by atoms with van der Waals surface area (Å²) < 4.78 is 15.6. The van der Waals surface area contributed by atoms with Gasteiger partial charge in [0.25, 0.3) is 0 Å². The summed E-state index contributed by atoms with van der Waals surface area (Å²) in [4.78, 5) is 8.45. The van der Waals surface area contributed by atoms with Gasteiger partial charge in [-0.1, -0.05) is 17.7 Å². The third-order valence-corrected chi connectivity index (χ3v) is 3.24. The van der Waals surface area contributed by atoms with Crippen LogP contribution < -0.4 is 5.73 Å². The molecule has 0 spiro atoms. The molecule has 0 aliphatic heterocycles. The van der Waals surface area contributed by atoms with Crippen LogP contribution in [0.3, 0.4) is 0 Å². The average molecular weight is 277 g/mol. The molecule has 0 radical (unpaired) electrons. The molecule has 0 amide bonds. The Morgan fingerprint density at radius 3 is 2.89 bits per heavy atom. The number of nitrogen functional groups attached to an aromatic ring is 1. The van der Waals surface area contributed by atoms with Gasteiger partial charge >= 0.3 is 0 Å². The van der Waals surface area contributed by atoms with Crippen molar-refractivity contribution in [3.05, 3.63) is 46.9 Å². The van der Waals surface area contributed by atoms with E-state index in [9.17, 15) is 4.39 Å². The highest BCUT2D eigenvalue weighted by Crippen LogP contribution is 2.27. The summed E-state index contributed by atoms with van der Waals surface area (Å²) in [6.07, 6.45) is 1.64. The number of halogens is 2. The number of hydrogen-bond acceptors (Lipinski definition) is 3. The molecule has 0 aliphatic rings. The fraction of sp³-hybridized carbons (Fsp3) is 0.0769. The van der Waals surface area contributed by atoms with Crippen LogP contribution >= 0.6 is 11.6 Å². The molecular weight excluding hydrogens is 267 g/mol. The molecule has 0 bridgehead atoms. The molecule has 96 valence electrons. The second-order valence-electron chi connectivity index (χ2n) is 4.18. The zero-order valence-electron chi connectivity index (χ0n) is 10.1. The normalized spacial score (nSPS) is 11.1. The van der Waals surface area contributed by atoms with Crippen LogP contribution in [-0.2, 0) is 0 Å². The molecule has 3 rings (SSSR count). The molecular formula is C13H10ClFN4. The van der Waals surface area contributed by atoms with Gasteiger partial charge in [0.05, 0.1) is 10.7 Å². The second kappa shape index (κ2) is 4.20. The summed E-state index contributed by atoms with van der Waals surface area (Å²) in [6, 6.07) is 6.55. The van der Waals surface area contributed by atoms with E-state index in [1.807, 2.05) is 13.0 Å². The summed E-state index contributed by atoms with van der Waals surface area (Å²) in [5.41, 5.74) is 8.21. The van der Waals surface area contributed by atoms with Crippen LogP contribution in [0.1, 0.15) is 5.56 Å². The maximum Gasteiger partial charge on any atom is 0.207 e. The molecule has 0 saturated carbocycles. The maximum absolute atomic E-state index is 14.1. The Labute approximate surface area is 113 Å². The smallest absolute Gasteiger partial charge is 0.207 e. The van der Waals surface area contributed by atoms with E-state index >= 15 is 0 Å². The number of anilines is 1. The zero-order chi connectivity index (χ0) is 13.6. The summed E-state index contributed by atoms with van der Waals surface area (Å²) in [5.74, 6) is -0.364. The molecule has 1 aromatic carbocycles. The van der Waals surface area contributed by atoms with Crippen LogP contribution in [0.2, 0.25) is 5.02 Å². The van der Waals surface area contributed by atoms with E-state index in [0.29, 0.717) is 11.2 Å². The van der Waals surface area contributed by atoms with Gasteiger partial charge in [0.2, 0.25) is 5.95 Å². The van der Waals surface area contributed by atoms with Crippen molar-refractivity contribution in [3.8, 4) is 5.69 Å². The molecule has 0 aliphatic carbocycles. The Kier molecular flexibility index (Phi) is 2.64. The van der Waals surface area contributed by atoms with Crippen LogP contribution in [0.15, 0.2) is 30.5 Å². The number of hydrogen-bond donors (Lipinski definition) is 1. The largest absolute Gasteiger partial charge is 0.369 e. The quantitative estimate of drug-likeness (QED) is 0.743. The maximum atomic E-state index is 14.1. The van der Waals surface area contributed by atoms with Crippen molar-refractivity contribution in [2.45, 2.75) is 6.92 Å². The highest BCUT2D eigenvalue weighted by atomic mass is 35.5. The van der Waals surface area contributed by atoms with Crippen molar-refractivity contribution < 1.29 is 4.39 Å². The summed E-state index contributed by atoms with van der Waals surface area (Å²) in [5, 5.41) is 0.0337. The van der Waals surface area contributed by atoms with Gasteiger partial charge in [-0.25, -0.2) is 14.4 Å². The number of nitrogens with zero attached hydrogens (tertiary/aromatic N) is 3. The summed E-state index contributed by atoms with van der Waals surface area (Å²) in [6.45, 7) is 1.90. The summed E-state index contributed by atoms with van der Waals surface area (Å²) >= 11 is 5.80. The molecule has 2 heterocycles. The van der Waals surface area contributed by atoms with Crippen molar-refractivity contribution in [2.75, 3.05) is 5.73 Å². The van der Waals surface area contributed by atoms with E-state index in [0.717, 1.165) is 5.56 Å². The lowest BCUT2D eigenvalue weighted by Gasteiger charge is -2.07. The number of imidazole rings is 1. The van der Waals surface area contributed by atoms with Gasteiger partial charge in [-0.05, 0) is 30.7 Å². The van der Waals surface area contributed by atoms with Gasteiger partial charge in [0.1, 0.15) is 5.52 Å². The van der Waals surface area contributed by atoms with Crippen LogP contribution in [0, 0.1) is 12.7 Å². The Balaban J connectivity index is 2.40. The molecule has 0 saturated heterocycles. The monoisotopic (exact) mass is 276 g/mol. The predicted molar refractivity (Wildman–Crippen MR) is 73.0 cm³/mol. The van der Waals surface area contributed by atoms with Crippen molar-refractivity contribution in [1.82, 2.24) is 14.5 Å². The number of benzene rings is 1. The van der Waals surface area contributed by atoms with Gasteiger partial charge in [-0.2, -0.15) is 0 Å². The Morgan fingerprint density at radius 2 is 2.11 bits per heavy atom. The molecule has 6 heteroatoms. The molecule has 4 nitrogen and oxygen atoms in total. The number of nitrogens with two attached hydrogens (primary N) is 1. The minimum Gasteiger partial charge on any atom is -0.369 e. The van der Waals surface area contributed by atoms with E-state index in [4.69, 9.17) is 17.3 Å². The van der Waals surface area contributed by atoms with Crippen LogP contribution in [-0.4, -0.2) is 14.5 Å². The molecule has 19 heavy (non-hydrogen) atoms.